The Morgan fingerprint density at radius 1 is 1.17 bits per heavy atom. The summed E-state index contributed by atoms with van der Waals surface area (Å²) in [5, 5.41) is 0.619. The second kappa shape index (κ2) is 9.15. The Labute approximate surface area is 176 Å². The van der Waals surface area contributed by atoms with Crippen LogP contribution in [0.25, 0.3) is 0 Å². The lowest BCUT2D eigenvalue weighted by Gasteiger charge is -2.33. The number of amides is 1. The Hall–Kier alpha value is -2.09. The first-order chi connectivity index (χ1) is 13.8. The maximum Gasteiger partial charge on any atom is 0.263 e. The predicted octanol–water partition coefficient (Wildman–Crippen LogP) is 3.39. The quantitative estimate of drug-likeness (QED) is 0.753. The number of nitrogens with one attached hydrogen (secondary N) is 1. The first-order valence-corrected chi connectivity index (χ1v) is 11.4. The number of likely N-dealkylation sites (tertiary alicyclic amines) is 1. The molecule has 1 fully saturated rings. The summed E-state index contributed by atoms with van der Waals surface area (Å²) in [4.78, 5) is 14.7. The van der Waals surface area contributed by atoms with Crippen molar-refractivity contribution in [2.24, 2.45) is 0 Å². The number of sulfonamides is 1. The Morgan fingerprint density at radius 3 is 2.45 bits per heavy atom. The van der Waals surface area contributed by atoms with Gasteiger partial charge in [0.05, 0.1) is 4.90 Å². The fourth-order valence-corrected chi connectivity index (χ4v) is 4.90. The van der Waals surface area contributed by atoms with Gasteiger partial charge in [-0.15, -0.1) is 0 Å². The lowest BCUT2D eigenvalue weighted by Crippen LogP contribution is -2.49. The molecule has 3 rings (SSSR count). The maximum atomic E-state index is 12.7. The minimum absolute atomic E-state index is 0.108. The van der Waals surface area contributed by atoms with Crippen molar-refractivity contribution in [1.82, 2.24) is 9.62 Å². The molecule has 0 saturated carbocycles. The third-order valence-electron chi connectivity index (χ3n) is 4.97. The van der Waals surface area contributed by atoms with Crippen molar-refractivity contribution >= 4 is 27.5 Å². The summed E-state index contributed by atoms with van der Waals surface area (Å²) < 4.78 is 33.5. The molecule has 2 aromatic rings. The van der Waals surface area contributed by atoms with Crippen molar-refractivity contribution in [1.29, 1.82) is 0 Å². The van der Waals surface area contributed by atoms with Crippen LogP contribution in [0, 0.1) is 6.92 Å². The SMILES string of the molecule is Cc1cc(Cl)ccc1OC(C)C(=O)N1CCC(NS(=O)(=O)c2ccccc2)CC1. The summed E-state index contributed by atoms with van der Waals surface area (Å²) in [6.07, 6.45) is 0.488. The van der Waals surface area contributed by atoms with Crippen LogP contribution in [0.1, 0.15) is 25.3 Å². The highest BCUT2D eigenvalue weighted by Crippen LogP contribution is 2.24. The van der Waals surface area contributed by atoms with Crippen LogP contribution < -0.4 is 9.46 Å². The van der Waals surface area contributed by atoms with E-state index in [2.05, 4.69) is 4.72 Å². The molecule has 29 heavy (non-hydrogen) atoms. The molecular formula is C21H25ClN2O4S. The molecule has 1 unspecified atom stereocenters. The van der Waals surface area contributed by atoms with Crippen molar-refractivity contribution < 1.29 is 17.9 Å². The van der Waals surface area contributed by atoms with Crippen LogP contribution in [0.2, 0.25) is 5.02 Å². The van der Waals surface area contributed by atoms with Gasteiger partial charge in [0.1, 0.15) is 5.75 Å². The smallest absolute Gasteiger partial charge is 0.263 e. The number of nitrogens with zero attached hydrogens (tertiary/aromatic N) is 1. The summed E-state index contributed by atoms with van der Waals surface area (Å²) in [6.45, 7) is 4.56. The van der Waals surface area contributed by atoms with E-state index in [4.69, 9.17) is 16.3 Å². The first-order valence-electron chi connectivity index (χ1n) is 9.55. The fraction of sp³-hybridized carbons (Fsp3) is 0.381. The molecule has 156 valence electrons. The minimum Gasteiger partial charge on any atom is -0.481 e. The van der Waals surface area contributed by atoms with E-state index >= 15 is 0 Å². The number of carbonyl (C=O) groups excluding carboxylic acids is 1. The summed E-state index contributed by atoms with van der Waals surface area (Å²) >= 11 is 5.96. The van der Waals surface area contributed by atoms with E-state index in [0.717, 1.165) is 5.56 Å². The number of hydrogen-bond acceptors (Lipinski definition) is 4. The largest absolute Gasteiger partial charge is 0.481 e. The molecule has 0 aromatic heterocycles. The minimum atomic E-state index is -3.55. The Kier molecular flexibility index (Phi) is 6.82. The normalized spacial score (nSPS) is 16.4. The molecule has 0 aliphatic carbocycles. The predicted molar refractivity (Wildman–Crippen MR) is 113 cm³/mol. The second-order valence-corrected chi connectivity index (χ2v) is 9.35. The van der Waals surface area contributed by atoms with Gasteiger partial charge in [-0.3, -0.25) is 4.79 Å². The number of aryl methyl sites for hydroxylation is 1. The van der Waals surface area contributed by atoms with Gasteiger partial charge in [-0.05, 0) is 62.6 Å². The van der Waals surface area contributed by atoms with Gasteiger partial charge < -0.3 is 9.64 Å². The number of piperidine rings is 1. The van der Waals surface area contributed by atoms with Gasteiger partial charge in [0.25, 0.3) is 5.91 Å². The van der Waals surface area contributed by atoms with Crippen LogP contribution in [0.4, 0.5) is 0 Å². The molecule has 0 radical (unpaired) electrons. The Balaban J connectivity index is 1.54. The molecule has 1 amide bonds. The highest BCUT2D eigenvalue weighted by atomic mass is 35.5. The van der Waals surface area contributed by atoms with E-state index in [9.17, 15) is 13.2 Å². The lowest BCUT2D eigenvalue weighted by atomic mass is 10.1. The summed E-state index contributed by atoms with van der Waals surface area (Å²) in [7, 11) is -3.55. The monoisotopic (exact) mass is 436 g/mol. The van der Waals surface area contributed by atoms with Gasteiger partial charge in [0, 0.05) is 24.2 Å². The van der Waals surface area contributed by atoms with E-state index in [1.165, 1.54) is 0 Å². The van der Waals surface area contributed by atoms with Crippen molar-refractivity contribution in [2.45, 2.75) is 43.7 Å². The molecule has 1 aliphatic heterocycles. The van der Waals surface area contributed by atoms with Gasteiger partial charge in [0.15, 0.2) is 6.10 Å². The van der Waals surface area contributed by atoms with Crippen molar-refractivity contribution in [3.63, 3.8) is 0 Å². The van der Waals surface area contributed by atoms with E-state index in [1.54, 1.807) is 60.4 Å². The van der Waals surface area contributed by atoms with Crippen molar-refractivity contribution in [3.05, 3.63) is 59.1 Å². The topological polar surface area (TPSA) is 75.7 Å². The average molecular weight is 437 g/mol. The van der Waals surface area contributed by atoms with Gasteiger partial charge >= 0.3 is 0 Å². The summed E-state index contributed by atoms with van der Waals surface area (Å²) in [6, 6.07) is 13.4. The zero-order valence-electron chi connectivity index (χ0n) is 16.5. The summed E-state index contributed by atoms with van der Waals surface area (Å²) in [5.74, 6) is 0.518. The number of carbonyl (C=O) groups is 1. The van der Waals surface area contributed by atoms with E-state index in [1.807, 2.05) is 6.92 Å². The lowest BCUT2D eigenvalue weighted by molar-refractivity contribution is -0.139. The third kappa shape index (κ3) is 5.50. The Morgan fingerprint density at radius 2 is 1.83 bits per heavy atom. The van der Waals surface area contributed by atoms with E-state index < -0.39 is 16.1 Å². The number of ether oxygens (including phenoxy) is 1. The van der Waals surface area contributed by atoms with Crippen LogP contribution in [0.3, 0.4) is 0 Å². The van der Waals surface area contributed by atoms with Crippen molar-refractivity contribution in [3.8, 4) is 5.75 Å². The summed E-state index contributed by atoms with van der Waals surface area (Å²) in [5.41, 5.74) is 0.867. The number of rotatable bonds is 6. The molecule has 0 bridgehead atoms. The Bertz CT molecular complexity index is 958. The molecule has 1 aliphatic rings. The highest BCUT2D eigenvalue weighted by Gasteiger charge is 2.29. The average Bonchev–Trinajstić information content (AvgIpc) is 2.70. The molecule has 0 spiro atoms. The number of benzene rings is 2. The molecule has 1 saturated heterocycles. The second-order valence-electron chi connectivity index (χ2n) is 7.20. The third-order valence-corrected chi connectivity index (χ3v) is 6.74. The van der Waals surface area contributed by atoms with E-state index in [0.29, 0.717) is 36.7 Å². The van der Waals surface area contributed by atoms with Gasteiger partial charge in [-0.2, -0.15) is 0 Å². The van der Waals surface area contributed by atoms with Gasteiger partial charge in [0.2, 0.25) is 10.0 Å². The number of hydrogen-bond donors (Lipinski definition) is 1. The number of halogens is 1. The molecule has 2 aromatic carbocycles. The van der Waals surface area contributed by atoms with Crippen LogP contribution >= 0.6 is 11.6 Å². The molecule has 1 N–H and O–H groups in total. The van der Waals surface area contributed by atoms with Crippen LogP contribution in [0.5, 0.6) is 5.75 Å². The van der Waals surface area contributed by atoms with Crippen LogP contribution in [-0.4, -0.2) is 44.5 Å². The van der Waals surface area contributed by atoms with Crippen LogP contribution in [0.15, 0.2) is 53.4 Å². The highest BCUT2D eigenvalue weighted by molar-refractivity contribution is 7.89. The molecule has 6 nitrogen and oxygen atoms in total. The van der Waals surface area contributed by atoms with Gasteiger partial charge in [-0.25, -0.2) is 13.1 Å². The maximum absolute atomic E-state index is 12.7. The molecule has 1 heterocycles. The zero-order valence-corrected chi connectivity index (χ0v) is 18.0. The first kappa shape index (κ1) is 21.6. The van der Waals surface area contributed by atoms with Crippen molar-refractivity contribution in [2.75, 3.05) is 13.1 Å². The van der Waals surface area contributed by atoms with E-state index in [-0.39, 0.29) is 16.8 Å². The zero-order chi connectivity index (χ0) is 21.0. The molecular weight excluding hydrogens is 412 g/mol. The fourth-order valence-electron chi connectivity index (χ4n) is 3.35. The molecule has 8 heteroatoms. The van der Waals surface area contributed by atoms with Crippen LogP contribution in [-0.2, 0) is 14.8 Å². The van der Waals surface area contributed by atoms with Gasteiger partial charge in [-0.1, -0.05) is 29.8 Å². The standard InChI is InChI=1S/C21H25ClN2O4S/c1-15-14-17(22)8-9-20(15)28-16(2)21(25)24-12-10-18(11-13-24)23-29(26,27)19-6-4-3-5-7-19/h3-9,14,16,18,23H,10-13H2,1-2H3. The molecule has 1 atom stereocenters.